The van der Waals surface area contributed by atoms with Gasteiger partial charge in [-0.1, -0.05) is 22.9 Å². The Hall–Kier alpha value is -0.840. The van der Waals surface area contributed by atoms with E-state index in [0.29, 0.717) is 5.56 Å². The Morgan fingerprint density at radius 2 is 2.29 bits per heavy atom. The summed E-state index contributed by atoms with van der Waals surface area (Å²) in [5.74, 6) is -0.0879. The van der Waals surface area contributed by atoms with Crippen LogP contribution >= 0.6 is 15.9 Å². The lowest BCUT2D eigenvalue weighted by Crippen LogP contribution is -2.37. The first-order valence-corrected chi connectivity index (χ1v) is 5.39. The Bertz CT molecular complexity index is 322. The second-order valence-corrected chi connectivity index (χ2v) is 4.79. The topological polar surface area (TPSA) is 57.8 Å². The molecule has 1 rings (SSSR count). The molecule has 14 heavy (non-hydrogen) atoms. The molecule has 1 aromatic heterocycles. The highest BCUT2D eigenvalue weighted by atomic mass is 79.9. The molecule has 0 saturated heterocycles. The van der Waals surface area contributed by atoms with Gasteiger partial charge in [0.25, 0.3) is 5.91 Å². The van der Waals surface area contributed by atoms with Crippen LogP contribution in [0.5, 0.6) is 0 Å². The highest BCUT2D eigenvalue weighted by Gasteiger charge is 2.15. The third-order valence-electron chi connectivity index (χ3n) is 2.12. The predicted octanol–water partition coefficient (Wildman–Crippen LogP) is 1.62. The summed E-state index contributed by atoms with van der Waals surface area (Å²) in [6.45, 7) is 5.77. The zero-order chi connectivity index (χ0) is 10.7. The number of amides is 1. The van der Waals surface area contributed by atoms with Crippen molar-refractivity contribution in [3.05, 3.63) is 17.5 Å². The van der Waals surface area contributed by atoms with Crippen molar-refractivity contribution in [1.82, 2.24) is 15.5 Å². The molecule has 2 unspecified atom stereocenters. The molecule has 1 heterocycles. The normalized spacial score (nSPS) is 14.9. The Morgan fingerprint density at radius 3 is 2.71 bits per heavy atom. The van der Waals surface area contributed by atoms with Gasteiger partial charge in [-0.15, -0.1) is 0 Å². The maximum atomic E-state index is 11.6. The first-order chi connectivity index (χ1) is 6.52. The van der Waals surface area contributed by atoms with Crippen LogP contribution in [0.25, 0.3) is 0 Å². The van der Waals surface area contributed by atoms with Crippen LogP contribution in [0.4, 0.5) is 0 Å². The van der Waals surface area contributed by atoms with E-state index in [-0.39, 0.29) is 16.8 Å². The van der Waals surface area contributed by atoms with Gasteiger partial charge >= 0.3 is 0 Å². The van der Waals surface area contributed by atoms with Crippen molar-refractivity contribution in [2.75, 3.05) is 0 Å². The molecule has 0 fully saturated rings. The third kappa shape index (κ3) is 2.57. The largest absolute Gasteiger partial charge is 0.348 e. The van der Waals surface area contributed by atoms with E-state index in [9.17, 15) is 4.79 Å². The Labute approximate surface area is 91.6 Å². The molecule has 5 heteroatoms. The fourth-order valence-corrected chi connectivity index (χ4v) is 1.11. The number of aryl methyl sites for hydroxylation is 1. The molecule has 0 aliphatic heterocycles. The van der Waals surface area contributed by atoms with Gasteiger partial charge in [0, 0.05) is 16.6 Å². The molecule has 0 aliphatic rings. The monoisotopic (exact) mass is 259 g/mol. The predicted molar refractivity (Wildman–Crippen MR) is 58.6 cm³/mol. The van der Waals surface area contributed by atoms with E-state index in [1.54, 1.807) is 0 Å². The van der Waals surface area contributed by atoms with E-state index in [4.69, 9.17) is 0 Å². The van der Waals surface area contributed by atoms with Crippen LogP contribution in [-0.4, -0.2) is 27.0 Å². The Morgan fingerprint density at radius 1 is 1.64 bits per heavy atom. The summed E-state index contributed by atoms with van der Waals surface area (Å²) in [5, 5.41) is 9.40. The molecule has 0 bridgehead atoms. The van der Waals surface area contributed by atoms with Gasteiger partial charge in [0.1, 0.15) is 0 Å². The van der Waals surface area contributed by atoms with Gasteiger partial charge in [-0.05, 0) is 13.8 Å². The quantitative estimate of drug-likeness (QED) is 0.811. The molecule has 0 aliphatic carbocycles. The maximum Gasteiger partial charge on any atom is 0.254 e. The molecule has 78 valence electrons. The van der Waals surface area contributed by atoms with E-state index in [1.165, 1.54) is 6.20 Å². The molecule has 0 saturated carbocycles. The Kier molecular flexibility index (Phi) is 3.69. The number of aromatic amines is 1. The van der Waals surface area contributed by atoms with Gasteiger partial charge in [-0.2, -0.15) is 5.10 Å². The minimum atomic E-state index is -0.0879. The van der Waals surface area contributed by atoms with E-state index in [0.717, 1.165) is 5.69 Å². The lowest BCUT2D eigenvalue weighted by atomic mass is 10.2. The van der Waals surface area contributed by atoms with Crippen LogP contribution in [0.15, 0.2) is 6.20 Å². The van der Waals surface area contributed by atoms with Crippen molar-refractivity contribution in [3.8, 4) is 0 Å². The molecule has 0 radical (unpaired) electrons. The smallest absolute Gasteiger partial charge is 0.254 e. The summed E-state index contributed by atoms with van der Waals surface area (Å²) in [6.07, 6.45) is 1.54. The zero-order valence-electron chi connectivity index (χ0n) is 8.47. The summed E-state index contributed by atoms with van der Waals surface area (Å²) < 4.78 is 0. The van der Waals surface area contributed by atoms with Gasteiger partial charge in [0.2, 0.25) is 0 Å². The number of halogens is 1. The molecule has 1 aromatic rings. The highest BCUT2D eigenvalue weighted by Crippen LogP contribution is 2.07. The van der Waals surface area contributed by atoms with Crippen molar-refractivity contribution >= 4 is 21.8 Å². The van der Waals surface area contributed by atoms with Crippen molar-refractivity contribution in [1.29, 1.82) is 0 Å². The minimum absolute atomic E-state index is 0.0879. The fraction of sp³-hybridized carbons (Fsp3) is 0.556. The van der Waals surface area contributed by atoms with Crippen LogP contribution in [0.3, 0.4) is 0 Å². The number of rotatable bonds is 3. The van der Waals surface area contributed by atoms with Crippen LogP contribution in [0.2, 0.25) is 0 Å². The number of aromatic nitrogens is 2. The number of hydrogen-bond acceptors (Lipinski definition) is 2. The molecule has 2 atom stereocenters. The van der Waals surface area contributed by atoms with Crippen molar-refractivity contribution in [2.24, 2.45) is 0 Å². The summed E-state index contributed by atoms with van der Waals surface area (Å²) in [5.41, 5.74) is 1.39. The second kappa shape index (κ2) is 4.59. The second-order valence-electron chi connectivity index (χ2n) is 3.35. The number of carbonyl (C=O) groups excluding carboxylic acids is 1. The van der Waals surface area contributed by atoms with E-state index >= 15 is 0 Å². The van der Waals surface area contributed by atoms with E-state index in [1.807, 2.05) is 20.8 Å². The summed E-state index contributed by atoms with van der Waals surface area (Å²) in [6, 6.07) is 0.0943. The van der Waals surface area contributed by atoms with Gasteiger partial charge in [-0.25, -0.2) is 0 Å². The number of nitrogens with one attached hydrogen (secondary N) is 2. The maximum absolute atomic E-state index is 11.6. The van der Waals surface area contributed by atoms with Crippen LogP contribution < -0.4 is 5.32 Å². The summed E-state index contributed by atoms with van der Waals surface area (Å²) in [7, 11) is 0. The Balaban J connectivity index is 2.64. The van der Waals surface area contributed by atoms with Gasteiger partial charge in [0.15, 0.2) is 0 Å². The average Bonchev–Trinajstić information content (AvgIpc) is 2.51. The number of alkyl halides is 1. The van der Waals surface area contributed by atoms with E-state index < -0.39 is 0 Å². The molecule has 2 N–H and O–H groups in total. The molecular formula is C9H14BrN3O. The number of hydrogen-bond donors (Lipinski definition) is 2. The lowest BCUT2D eigenvalue weighted by molar-refractivity contribution is 0.0940. The van der Waals surface area contributed by atoms with Crippen LogP contribution in [-0.2, 0) is 0 Å². The minimum Gasteiger partial charge on any atom is -0.348 e. The molecule has 4 nitrogen and oxygen atoms in total. The van der Waals surface area contributed by atoms with E-state index in [2.05, 4.69) is 31.4 Å². The number of carbonyl (C=O) groups is 1. The SMILES string of the molecule is Cc1[nH]ncc1C(=O)NC(C)C(C)Br. The van der Waals surface area contributed by atoms with Crippen molar-refractivity contribution < 1.29 is 4.79 Å². The van der Waals surface area contributed by atoms with Crippen molar-refractivity contribution in [3.63, 3.8) is 0 Å². The molecule has 0 spiro atoms. The number of H-pyrrole nitrogens is 1. The standard InChI is InChI=1S/C9H14BrN3O/c1-5(10)6(2)12-9(14)8-4-11-13-7(8)3/h4-6H,1-3H3,(H,11,13)(H,12,14). The molecular weight excluding hydrogens is 246 g/mol. The lowest BCUT2D eigenvalue weighted by Gasteiger charge is -2.15. The van der Waals surface area contributed by atoms with Gasteiger partial charge < -0.3 is 5.32 Å². The average molecular weight is 260 g/mol. The zero-order valence-corrected chi connectivity index (χ0v) is 10.1. The van der Waals surface area contributed by atoms with Crippen molar-refractivity contribution in [2.45, 2.75) is 31.6 Å². The highest BCUT2D eigenvalue weighted by molar-refractivity contribution is 9.09. The molecule has 0 aromatic carbocycles. The first-order valence-electron chi connectivity index (χ1n) is 4.47. The van der Waals surface area contributed by atoms with Gasteiger partial charge in [0.05, 0.1) is 11.8 Å². The first kappa shape index (κ1) is 11.2. The van der Waals surface area contributed by atoms with Gasteiger partial charge in [-0.3, -0.25) is 9.89 Å². The van der Waals surface area contributed by atoms with Crippen LogP contribution in [0.1, 0.15) is 29.9 Å². The summed E-state index contributed by atoms with van der Waals surface area (Å²) >= 11 is 3.41. The van der Waals surface area contributed by atoms with Crippen LogP contribution in [0, 0.1) is 6.92 Å². The summed E-state index contributed by atoms with van der Waals surface area (Å²) in [4.78, 5) is 11.9. The molecule has 1 amide bonds. The fourth-order valence-electron chi connectivity index (χ4n) is 0.979. The number of nitrogens with zero attached hydrogens (tertiary/aromatic N) is 1. The third-order valence-corrected chi connectivity index (χ3v) is 2.92.